The summed E-state index contributed by atoms with van der Waals surface area (Å²) >= 11 is 0. The number of ether oxygens (including phenoxy) is 1. The van der Waals surface area contributed by atoms with Gasteiger partial charge in [-0.2, -0.15) is 0 Å². The molecule has 0 amide bonds. The molecule has 1 aromatic carbocycles. The van der Waals surface area contributed by atoms with Gasteiger partial charge in [0, 0.05) is 11.5 Å². The van der Waals surface area contributed by atoms with Crippen molar-refractivity contribution in [1.82, 2.24) is 0 Å². The molecule has 0 aliphatic heterocycles. The van der Waals surface area contributed by atoms with E-state index in [1.807, 2.05) is 20.3 Å². The fourth-order valence-corrected chi connectivity index (χ4v) is 1.88. The molecule has 1 aromatic heterocycles. The Balaban J connectivity index is 2.60. The zero-order valence-electron chi connectivity index (χ0n) is 11.8. The zero-order valence-corrected chi connectivity index (χ0v) is 11.8. The monoisotopic (exact) mass is 276 g/mol. The average Bonchev–Trinajstić information content (AvgIpc) is 2.74. The molecule has 1 heterocycles. The van der Waals surface area contributed by atoms with Crippen LogP contribution in [0.4, 0.5) is 0 Å². The largest absolute Gasteiger partial charge is 0.508 e. The lowest BCUT2D eigenvalue weighted by Crippen LogP contribution is -3.00. The summed E-state index contributed by atoms with van der Waals surface area (Å²) in [6, 6.07) is 4.66. The molecular weight excluding hydrogens is 258 g/mol. The Hall–Kier alpha value is -2.27. The highest BCUT2D eigenvalue weighted by Gasteiger charge is 2.21. The number of carbonyl (C=O) groups is 1. The quantitative estimate of drug-likeness (QED) is 0.829. The highest BCUT2D eigenvalue weighted by Crippen LogP contribution is 2.30. The van der Waals surface area contributed by atoms with Crippen LogP contribution in [0.25, 0.3) is 17.0 Å². The third kappa shape index (κ3) is 2.83. The van der Waals surface area contributed by atoms with Gasteiger partial charge < -0.3 is 19.2 Å². The van der Waals surface area contributed by atoms with Gasteiger partial charge in [-0.15, -0.1) is 0 Å². The lowest BCUT2D eigenvalue weighted by molar-refractivity contribution is -0.800. The Morgan fingerprint density at radius 2 is 2.20 bits per heavy atom. The number of phenols is 1. The summed E-state index contributed by atoms with van der Waals surface area (Å²) < 4.78 is 10.7. The summed E-state index contributed by atoms with van der Waals surface area (Å²) in [5.41, 5.74) is 0.884. The number of hydrogen-bond acceptors (Lipinski definition) is 4. The van der Waals surface area contributed by atoms with Crippen molar-refractivity contribution in [1.29, 1.82) is 0 Å². The van der Waals surface area contributed by atoms with Gasteiger partial charge in [0.05, 0.1) is 26.9 Å². The summed E-state index contributed by atoms with van der Waals surface area (Å²) in [5.74, 6) is 0.0631. The molecule has 2 N–H and O–H groups in total. The normalized spacial score (nSPS) is 11.6. The maximum Gasteiger partial charge on any atom is 0.342 e. The second-order valence-electron chi connectivity index (χ2n) is 4.65. The molecular formula is C15H18NO4+. The summed E-state index contributed by atoms with van der Waals surface area (Å²) in [4.78, 5) is 13.2. The molecule has 0 radical (unpaired) electrons. The molecule has 2 aromatic rings. The highest BCUT2D eigenvalue weighted by molar-refractivity contribution is 6.06. The number of carbonyl (C=O) groups excluding carboxylic acids is 1. The molecule has 0 saturated heterocycles. The molecule has 0 atom stereocenters. The average molecular weight is 276 g/mol. The number of aromatic hydroxyl groups is 1. The van der Waals surface area contributed by atoms with Crippen LogP contribution in [-0.2, 0) is 4.74 Å². The van der Waals surface area contributed by atoms with Gasteiger partial charge in [0.1, 0.15) is 22.7 Å². The van der Waals surface area contributed by atoms with E-state index in [-0.39, 0.29) is 12.4 Å². The van der Waals surface area contributed by atoms with E-state index in [9.17, 15) is 9.90 Å². The fraction of sp³-hybridized carbons (Fsp3) is 0.267. The van der Waals surface area contributed by atoms with Crippen LogP contribution in [0.15, 0.2) is 28.8 Å². The van der Waals surface area contributed by atoms with Gasteiger partial charge in [0.2, 0.25) is 0 Å². The van der Waals surface area contributed by atoms with Gasteiger partial charge in [-0.25, -0.2) is 4.79 Å². The molecule has 0 aliphatic rings. The van der Waals surface area contributed by atoms with Crippen LogP contribution in [0.3, 0.4) is 0 Å². The Kier molecular flexibility index (Phi) is 4.10. The molecule has 20 heavy (non-hydrogen) atoms. The van der Waals surface area contributed by atoms with Gasteiger partial charge in [-0.05, 0) is 25.1 Å². The smallest absolute Gasteiger partial charge is 0.342 e. The van der Waals surface area contributed by atoms with Gasteiger partial charge in [0.15, 0.2) is 0 Å². The molecule has 5 nitrogen and oxygen atoms in total. The number of rotatable bonds is 4. The van der Waals surface area contributed by atoms with Gasteiger partial charge >= 0.3 is 5.97 Å². The Labute approximate surface area is 117 Å². The highest BCUT2D eigenvalue weighted by atomic mass is 16.5. The summed E-state index contributed by atoms with van der Waals surface area (Å²) in [5, 5.41) is 10.1. The van der Waals surface area contributed by atoms with Crippen LogP contribution in [0.2, 0.25) is 0 Å². The van der Waals surface area contributed by atoms with E-state index in [2.05, 4.69) is 0 Å². The van der Waals surface area contributed by atoms with Gasteiger partial charge in [-0.1, -0.05) is 0 Å². The Morgan fingerprint density at radius 1 is 1.45 bits per heavy atom. The Bertz CT molecular complexity index is 655. The van der Waals surface area contributed by atoms with Crippen LogP contribution >= 0.6 is 0 Å². The van der Waals surface area contributed by atoms with Crippen molar-refractivity contribution >= 4 is 23.0 Å². The third-order valence-electron chi connectivity index (χ3n) is 2.75. The van der Waals surface area contributed by atoms with Gasteiger partial charge in [0.25, 0.3) is 0 Å². The second-order valence-corrected chi connectivity index (χ2v) is 4.65. The Morgan fingerprint density at radius 3 is 2.85 bits per heavy atom. The molecule has 0 aliphatic carbocycles. The first-order chi connectivity index (χ1) is 9.52. The lowest BCUT2D eigenvalue weighted by Gasteiger charge is -2.01. The number of phenolic OH excluding ortho intramolecular Hbond substituents is 1. The van der Waals surface area contributed by atoms with Crippen molar-refractivity contribution in [2.24, 2.45) is 0 Å². The summed E-state index contributed by atoms with van der Waals surface area (Å²) in [7, 11) is 3.91. The molecule has 0 unspecified atom stereocenters. The van der Waals surface area contributed by atoms with E-state index >= 15 is 0 Å². The van der Waals surface area contributed by atoms with Crippen molar-refractivity contribution in [2.75, 3.05) is 20.7 Å². The number of benzene rings is 1. The van der Waals surface area contributed by atoms with Crippen molar-refractivity contribution in [2.45, 2.75) is 6.92 Å². The number of esters is 1. The van der Waals surface area contributed by atoms with E-state index in [1.165, 1.54) is 12.1 Å². The first-order valence-corrected chi connectivity index (χ1v) is 6.43. The summed E-state index contributed by atoms with van der Waals surface area (Å²) in [6.45, 7) is 2.03. The summed E-state index contributed by atoms with van der Waals surface area (Å²) in [6.07, 6.45) is 3.60. The van der Waals surface area contributed by atoms with E-state index in [1.54, 1.807) is 19.1 Å². The van der Waals surface area contributed by atoms with Crippen LogP contribution in [0.5, 0.6) is 5.75 Å². The maximum absolute atomic E-state index is 12.1. The van der Waals surface area contributed by atoms with Crippen molar-refractivity contribution in [3.05, 3.63) is 35.7 Å². The zero-order chi connectivity index (χ0) is 14.7. The minimum absolute atomic E-state index is 0.0811. The number of hydrogen-bond donors (Lipinski definition) is 2. The van der Waals surface area contributed by atoms with Crippen molar-refractivity contribution in [3.8, 4) is 5.75 Å². The van der Waals surface area contributed by atoms with Crippen LogP contribution in [-0.4, -0.2) is 31.8 Å². The minimum Gasteiger partial charge on any atom is -0.508 e. The van der Waals surface area contributed by atoms with Gasteiger partial charge in [-0.3, -0.25) is 0 Å². The topological polar surface area (TPSA) is 64.1 Å². The molecule has 106 valence electrons. The van der Waals surface area contributed by atoms with E-state index < -0.39 is 5.97 Å². The van der Waals surface area contributed by atoms with E-state index in [4.69, 9.17) is 9.15 Å². The van der Waals surface area contributed by atoms with Crippen LogP contribution < -0.4 is 4.90 Å². The maximum atomic E-state index is 12.1. The molecule has 0 fully saturated rings. The lowest BCUT2D eigenvalue weighted by atomic mass is 10.1. The number of fused-ring (bicyclic) bond motifs is 1. The number of furan rings is 1. The fourth-order valence-electron chi connectivity index (χ4n) is 1.88. The number of quaternary nitrogens is 1. The third-order valence-corrected chi connectivity index (χ3v) is 2.75. The molecule has 0 bridgehead atoms. The van der Waals surface area contributed by atoms with E-state index in [0.29, 0.717) is 22.3 Å². The van der Waals surface area contributed by atoms with Crippen LogP contribution in [0.1, 0.15) is 23.0 Å². The molecule has 2 rings (SSSR count). The second kappa shape index (κ2) is 5.79. The predicted octanol–water partition coefficient (Wildman–Crippen LogP) is 1.43. The SMILES string of the molecule is CCOC(=O)c1c(C=C[NH+](C)C)oc2ccc(O)cc12. The molecule has 5 heteroatoms. The predicted molar refractivity (Wildman–Crippen MR) is 75.7 cm³/mol. The van der Waals surface area contributed by atoms with Crippen LogP contribution in [0, 0.1) is 0 Å². The number of nitrogens with one attached hydrogen (secondary N) is 1. The standard InChI is InChI=1S/C15H17NO4/c1-4-19-15(18)14-11-9-10(17)5-6-12(11)20-13(14)7-8-16(2)3/h5-9,17H,4H2,1-3H3/p+1. The van der Waals surface area contributed by atoms with Crippen molar-refractivity contribution in [3.63, 3.8) is 0 Å². The molecule has 0 saturated carbocycles. The molecule has 0 spiro atoms. The first kappa shape index (κ1) is 14.1. The first-order valence-electron chi connectivity index (χ1n) is 6.43. The minimum atomic E-state index is -0.453. The van der Waals surface area contributed by atoms with E-state index in [0.717, 1.165) is 4.90 Å². The van der Waals surface area contributed by atoms with Crippen molar-refractivity contribution < 1.29 is 24.0 Å².